The van der Waals surface area contributed by atoms with Crippen LogP contribution in [0.3, 0.4) is 0 Å². The number of carbonyl (C=O) groups is 1. The minimum atomic E-state index is 0.0887. The average molecular weight is 289 g/mol. The van der Waals surface area contributed by atoms with E-state index in [4.69, 9.17) is 4.74 Å². The van der Waals surface area contributed by atoms with E-state index in [2.05, 4.69) is 10.3 Å². The van der Waals surface area contributed by atoms with E-state index in [-0.39, 0.29) is 18.1 Å². The molecule has 2 unspecified atom stereocenters. The Labute approximate surface area is 125 Å². The van der Waals surface area contributed by atoms with E-state index in [9.17, 15) is 4.79 Å². The smallest absolute Gasteiger partial charge is 0.255 e. The Balaban J connectivity index is 1.73. The van der Waals surface area contributed by atoms with Crippen molar-refractivity contribution >= 4 is 11.7 Å². The quantitative estimate of drug-likeness (QED) is 0.927. The van der Waals surface area contributed by atoms with Gasteiger partial charge in [0, 0.05) is 19.3 Å². The zero-order chi connectivity index (χ0) is 14.7. The van der Waals surface area contributed by atoms with Crippen LogP contribution in [0.1, 0.15) is 43.0 Å². The van der Waals surface area contributed by atoms with Crippen LogP contribution < -0.4 is 5.32 Å². The van der Waals surface area contributed by atoms with Crippen molar-refractivity contribution in [3.63, 3.8) is 0 Å². The number of hydrogen-bond acceptors (Lipinski definition) is 4. The number of aromatic nitrogens is 1. The molecule has 0 bridgehead atoms. The first-order valence-electron chi connectivity index (χ1n) is 7.92. The van der Waals surface area contributed by atoms with E-state index >= 15 is 0 Å². The number of pyridine rings is 1. The summed E-state index contributed by atoms with van der Waals surface area (Å²) >= 11 is 0. The summed E-state index contributed by atoms with van der Waals surface area (Å²) in [6.45, 7) is 4.19. The Bertz CT molecular complexity index is 487. The first-order valence-corrected chi connectivity index (χ1v) is 7.92. The van der Waals surface area contributed by atoms with Crippen molar-refractivity contribution in [2.45, 2.75) is 44.8 Å². The molecular formula is C16H23N3O2. The van der Waals surface area contributed by atoms with Gasteiger partial charge in [0.1, 0.15) is 5.82 Å². The van der Waals surface area contributed by atoms with Crippen molar-refractivity contribution in [1.82, 2.24) is 9.88 Å². The Morgan fingerprint density at radius 3 is 3.05 bits per heavy atom. The average Bonchev–Trinajstić information content (AvgIpc) is 2.55. The van der Waals surface area contributed by atoms with Gasteiger partial charge >= 0.3 is 0 Å². The molecule has 1 saturated heterocycles. The van der Waals surface area contributed by atoms with Crippen molar-refractivity contribution in [3.8, 4) is 0 Å². The second kappa shape index (κ2) is 6.43. The van der Waals surface area contributed by atoms with Crippen molar-refractivity contribution in [3.05, 3.63) is 23.9 Å². The van der Waals surface area contributed by atoms with Gasteiger partial charge in [0.2, 0.25) is 0 Å². The lowest BCUT2D eigenvalue weighted by Crippen LogP contribution is -2.54. The molecule has 3 rings (SSSR count). The molecule has 2 fully saturated rings. The summed E-state index contributed by atoms with van der Waals surface area (Å²) in [5.74, 6) is 0.900. The molecule has 1 aliphatic carbocycles. The van der Waals surface area contributed by atoms with Gasteiger partial charge in [0.15, 0.2) is 0 Å². The van der Waals surface area contributed by atoms with E-state index in [1.165, 1.54) is 12.8 Å². The maximum atomic E-state index is 12.7. The second-order valence-corrected chi connectivity index (χ2v) is 5.72. The molecule has 1 aromatic rings. The third-order valence-electron chi connectivity index (χ3n) is 4.36. The predicted molar refractivity (Wildman–Crippen MR) is 81.4 cm³/mol. The highest BCUT2D eigenvalue weighted by molar-refractivity contribution is 5.94. The lowest BCUT2D eigenvalue weighted by Gasteiger charge is -2.43. The molecule has 114 valence electrons. The topological polar surface area (TPSA) is 54.5 Å². The standard InChI is InChI=1S/C16H23N3O2/c1-2-17-15-8-7-12(11-18-15)16(20)19-9-10-21-14-6-4-3-5-13(14)19/h7-8,11,13-14H,2-6,9-10H2,1H3,(H,17,18). The van der Waals surface area contributed by atoms with Crippen LogP contribution in [0.25, 0.3) is 0 Å². The molecule has 5 nitrogen and oxygen atoms in total. The molecule has 0 radical (unpaired) electrons. The van der Waals surface area contributed by atoms with Crippen LogP contribution >= 0.6 is 0 Å². The molecule has 1 amide bonds. The molecule has 1 saturated carbocycles. The van der Waals surface area contributed by atoms with Gasteiger partial charge in [0.05, 0.1) is 24.3 Å². The van der Waals surface area contributed by atoms with Crippen LogP contribution in [-0.4, -0.2) is 47.6 Å². The summed E-state index contributed by atoms with van der Waals surface area (Å²) in [7, 11) is 0. The normalized spacial score (nSPS) is 25.3. The summed E-state index contributed by atoms with van der Waals surface area (Å²) in [6, 6.07) is 3.98. The molecule has 2 heterocycles. The molecule has 1 aliphatic heterocycles. The molecule has 2 atom stereocenters. The van der Waals surface area contributed by atoms with E-state index in [0.717, 1.165) is 25.2 Å². The number of anilines is 1. The third kappa shape index (κ3) is 3.02. The molecular weight excluding hydrogens is 266 g/mol. The fraction of sp³-hybridized carbons (Fsp3) is 0.625. The predicted octanol–water partition coefficient (Wildman–Crippen LogP) is 2.30. The number of morpholine rings is 1. The fourth-order valence-corrected chi connectivity index (χ4v) is 3.32. The van der Waals surface area contributed by atoms with E-state index < -0.39 is 0 Å². The van der Waals surface area contributed by atoms with Crippen LogP contribution in [-0.2, 0) is 4.74 Å². The first kappa shape index (κ1) is 14.3. The minimum absolute atomic E-state index is 0.0887. The van der Waals surface area contributed by atoms with Crippen molar-refractivity contribution in [2.24, 2.45) is 0 Å². The maximum Gasteiger partial charge on any atom is 0.255 e. The van der Waals surface area contributed by atoms with E-state index in [1.807, 2.05) is 24.0 Å². The SMILES string of the molecule is CCNc1ccc(C(=O)N2CCOC3CCCCC32)cn1. The largest absolute Gasteiger partial charge is 0.374 e. The van der Waals surface area contributed by atoms with E-state index in [1.54, 1.807) is 6.20 Å². The highest BCUT2D eigenvalue weighted by Crippen LogP contribution is 2.29. The number of ether oxygens (including phenoxy) is 1. The van der Waals surface area contributed by atoms with Gasteiger partial charge in [-0.1, -0.05) is 12.8 Å². The number of rotatable bonds is 3. The number of hydrogen-bond donors (Lipinski definition) is 1. The highest BCUT2D eigenvalue weighted by Gasteiger charge is 2.36. The third-order valence-corrected chi connectivity index (χ3v) is 4.36. The number of amides is 1. The molecule has 1 aromatic heterocycles. The summed E-state index contributed by atoms with van der Waals surface area (Å²) in [6.07, 6.45) is 6.43. The number of nitrogens with one attached hydrogen (secondary N) is 1. The van der Waals surface area contributed by atoms with Crippen LogP contribution in [0.5, 0.6) is 0 Å². The number of carbonyl (C=O) groups excluding carboxylic acids is 1. The van der Waals surface area contributed by atoms with Gasteiger partial charge in [-0.05, 0) is 31.9 Å². The molecule has 0 spiro atoms. The van der Waals surface area contributed by atoms with E-state index in [0.29, 0.717) is 18.7 Å². The minimum Gasteiger partial charge on any atom is -0.374 e. The van der Waals surface area contributed by atoms with Crippen LogP contribution in [0.2, 0.25) is 0 Å². The van der Waals surface area contributed by atoms with Crippen molar-refractivity contribution in [1.29, 1.82) is 0 Å². The summed E-state index contributed by atoms with van der Waals surface area (Å²) in [5, 5.41) is 3.14. The number of nitrogens with zero attached hydrogens (tertiary/aromatic N) is 2. The van der Waals surface area contributed by atoms with Crippen LogP contribution in [0.4, 0.5) is 5.82 Å². The van der Waals surface area contributed by atoms with Gasteiger partial charge in [-0.25, -0.2) is 4.98 Å². The zero-order valence-electron chi connectivity index (χ0n) is 12.5. The van der Waals surface area contributed by atoms with Gasteiger partial charge in [-0.3, -0.25) is 4.79 Å². The molecule has 2 aliphatic rings. The summed E-state index contributed by atoms with van der Waals surface area (Å²) in [4.78, 5) is 19.0. The molecule has 0 aromatic carbocycles. The van der Waals surface area contributed by atoms with Crippen LogP contribution in [0, 0.1) is 0 Å². The lowest BCUT2D eigenvalue weighted by molar-refractivity contribution is -0.0752. The summed E-state index contributed by atoms with van der Waals surface area (Å²) < 4.78 is 5.83. The molecule has 5 heteroatoms. The van der Waals surface area contributed by atoms with Gasteiger partial charge in [0.25, 0.3) is 5.91 Å². The molecule has 21 heavy (non-hydrogen) atoms. The monoisotopic (exact) mass is 289 g/mol. The Hall–Kier alpha value is -1.62. The fourth-order valence-electron chi connectivity index (χ4n) is 3.32. The first-order chi connectivity index (χ1) is 10.3. The Morgan fingerprint density at radius 1 is 1.43 bits per heavy atom. The van der Waals surface area contributed by atoms with Crippen LogP contribution in [0.15, 0.2) is 18.3 Å². The number of fused-ring (bicyclic) bond motifs is 1. The van der Waals surface area contributed by atoms with Gasteiger partial charge in [-0.15, -0.1) is 0 Å². The van der Waals surface area contributed by atoms with Gasteiger partial charge in [-0.2, -0.15) is 0 Å². The Kier molecular flexibility index (Phi) is 4.39. The van der Waals surface area contributed by atoms with Crippen molar-refractivity contribution in [2.75, 3.05) is 25.0 Å². The molecule has 1 N–H and O–H groups in total. The maximum absolute atomic E-state index is 12.7. The zero-order valence-corrected chi connectivity index (χ0v) is 12.5. The van der Waals surface area contributed by atoms with Crippen molar-refractivity contribution < 1.29 is 9.53 Å². The second-order valence-electron chi connectivity index (χ2n) is 5.72. The van der Waals surface area contributed by atoms with Gasteiger partial charge < -0.3 is 15.0 Å². The Morgan fingerprint density at radius 2 is 2.29 bits per heavy atom. The highest BCUT2D eigenvalue weighted by atomic mass is 16.5. The summed E-state index contributed by atoms with van der Waals surface area (Å²) in [5.41, 5.74) is 0.669. The lowest BCUT2D eigenvalue weighted by atomic mass is 9.90.